The van der Waals surface area contributed by atoms with Gasteiger partial charge in [0.25, 0.3) is 0 Å². The SMILES string of the molecule is CC(=O)c1sc(NCc2cncs2)nc1C(=O)O. The summed E-state index contributed by atoms with van der Waals surface area (Å²) >= 11 is 2.54. The number of aromatic carboxylic acids is 1. The van der Waals surface area contributed by atoms with E-state index in [-0.39, 0.29) is 16.4 Å². The number of rotatable bonds is 5. The van der Waals surface area contributed by atoms with E-state index in [1.54, 1.807) is 11.7 Å². The molecule has 0 amide bonds. The lowest BCUT2D eigenvalue weighted by Crippen LogP contribution is -2.04. The molecule has 0 spiro atoms. The van der Waals surface area contributed by atoms with E-state index >= 15 is 0 Å². The summed E-state index contributed by atoms with van der Waals surface area (Å²) < 4.78 is 0. The molecule has 2 rings (SSSR count). The molecule has 0 saturated carbocycles. The molecule has 94 valence electrons. The minimum atomic E-state index is -1.19. The summed E-state index contributed by atoms with van der Waals surface area (Å²) in [4.78, 5) is 31.2. The molecule has 0 aliphatic carbocycles. The minimum Gasteiger partial charge on any atom is -0.476 e. The number of carboxylic acid groups (broad SMARTS) is 1. The Morgan fingerprint density at radius 1 is 1.50 bits per heavy atom. The summed E-state index contributed by atoms with van der Waals surface area (Å²) in [5.41, 5.74) is 1.52. The Bertz CT molecular complexity index is 546. The van der Waals surface area contributed by atoms with Crippen molar-refractivity contribution in [3.8, 4) is 0 Å². The van der Waals surface area contributed by atoms with Crippen LogP contribution in [0.2, 0.25) is 0 Å². The van der Waals surface area contributed by atoms with E-state index in [0.717, 1.165) is 16.2 Å². The fraction of sp³-hybridized carbons (Fsp3) is 0.200. The lowest BCUT2D eigenvalue weighted by Gasteiger charge is -1.97. The standard InChI is InChI=1S/C10H9N3O3S2/c1-5(14)8-7(9(15)16)13-10(18-8)12-3-6-2-11-4-17-6/h2,4H,3H2,1H3,(H,12,13)(H,15,16). The molecule has 2 aromatic heterocycles. The van der Waals surface area contributed by atoms with Gasteiger partial charge < -0.3 is 10.4 Å². The van der Waals surface area contributed by atoms with Crippen LogP contribution in [0.25, 0.3) is 0 Å². The molecule has 0 unspecified atom stereocenters. The number of hydrogen-bond donors (Lipinski definition) is 2. The molecule has 0 bridgehead atoms. The molecule has 0 radical (unpaired) electrons. The average molecular weight is 283 g/mol. The number of nitrogens with zero attached hydrogens (tertiary/aromatic N) is 2. The molecule has 2 N–H and O–H groups in total. The van der Waals surface area contributed by atoms with Crippen LogP contribution in [-0.2, 0) is 6.54 Å². The Morgan fingerprint density at radius 2 is 2.28 bits per heavy atom. The van der Waals surface area contributed by atoms with Gasteiger partial charge in [-0.15, -0.1) is 11.3 Å². The Balaban J connectivity index is 2.16. The monoisotopic (exact) mass is 283 g/mol. The van der Waals surface area contributed by atoms with Crippen LogP contribution in [0.5, 0.6) is 0 Å². The maximum absolute atomic E-state index is 11.3. The molecule has 0 atom stereocenters. The van der Waals surface area contributed by atoms with Crippen molar-refractivity contribution >= 4 is 39.6 Å². The van der Waals surface area contributed by atoms with Gasteiger partial charge >= 0.3 is 5.97 Å². The summed E-state index contributed by atoms with van der Waals surface area (Å²) in [5.74, 6) is -1.49. The maximum atomic E-state index is 11.3. The van der Waals surface area contributed by atoms with Crippen LogP contribution in [-0.4, -0.2) is 26.8 Å². The molecule has 0 aromatic carbocycles. The first kappa shape index (κ1) is 12.7. The van der Waals surface area contributed by atoms with E-state index in [1.807, 2.05) is 0 Å². The van der Waals surface area contributed by atoms with Gasteiger partial charge in [0.05, 0.1) is 12.1 Å². The van der Waals surface area contributed by atoms with Gasteiger partial charge in [0.1, 0.15) is 4.88 Å². The number of nitrogens with one attached hydrogen (secondary N) is 1. The van der Waals surface area contributed by atoms with Gasteiger partial charge in [0.2, 0.25) is 0 Å². The topological polar surface area (TPSA) is 92.2 Å². The molecule has 0 saturated heterocycles. The van der Waals surface area contributed by atoms with Crippen molar-refractivity contribution < 1.29 is 14.7 Å². The average Bonchev–Trinajstić information content (AvgIpc) is 2.95. The van der Waals surface area contributed by atoms with Gasteiger partial charge in [0.15, 0.2) is 16.6 Å². The zero-order valence-corrected chi connectivity index (χ0v) is 11.0. The van der Waals surface area contributed by atoms with Crippen LogP contribution in [0.1, 0.15) is 32.0 Å². The fourth-order valence-electron chi connectivity index (χ4n) is 1.27. The number of carboxylic acids is 1. The minimum absolute atomic E-state index is 0.161. The first-order chi connectivity index (χ1) is 8.58. The Labute approximate surface area is 110 Å². The summed E-state index contributed by atoms with van der Waals surface area (Å²) in [6, 6.07) is 0. The third kappa shape index (κ3) is 2.71. The van der Waals surface area contributed by atoms with Gasteiger partial charge in [0, 0.05) is 18.0 Å². The first-order valence-electron chi connectivity index (χ1n) is 4.94. The van der Waals surface area contributed by atoms with E-state index < -0.39 is 5.97 Å². The lowest BCUT2D eigenvalue weighted by atomic mass is 10.3. The van der Waals surface area contributed by atoms with E-state index in [2.05, 4.69) is 15.3 Å². The van der Waals surface area contributed by atoms with Gasteiger partial charge in [-0.25, -0.2) is 9.78 Å². The number of thiazole rings is 2. The zero-order chi connectivity index (χ0) is 13.1. The number of Topliss-reactive ketones (excluding diaryl/α,β-unsaturated/α-hetero) is 1. The molecule has 0 aliphatic heterocycles. The van der Waals surface area contributed by atoms with Crippen LogP contribution in [0, 0.1) is 0 Å². The highest BCUT2D eigenvalue weighted by Gasteiger charge is 2.20. The predicted octanol–water partition coefficient (Wildman–Crippen LogP) is 2.11. The smallest absolute Gasteiger partial charge is 0.356 e. The predicted molar refractivity (Wildman–Crippen MR) is 68.5 cm³/mol. The molecule has 18 heavy (non-hydrogen) atoms. The number of hydrogen-bond acceptors (Lipinski definition) is 7. The second-order valence-electron chi connectivity index (χ2n) is 3.38. The van der Waals surface area contributed by atoms with Crippen molar-refractivity contribution in [3.63, 3.8) is 0 Å². The zero-order valence-electron chi connectivity index (χ0n) is 9.34. The van der Waals surface area contributed by atoms with E-state index in [0.29, 0.717) is 11.7 Å². The van der Waals surface area contributed by atoms with Crippen LogP contribution in [0.4, 0.5) is 5.13 Å². The summed E-state index contributed by atoms with van der Waals surface area (Å²) in [5, 5.41) is 12.3. The van der Waals surface area contributed by atoms with Crippen molar-refractivity contribution in [3.05, 3.63) is 27.2 Å². The Hall–Kier alpha value is -1.80. The van der Waals surface area contributed by atoms with E-state index in [4.69, 9.17) is 5.11 Å². The molecule has 0 aliphatic rings. The number of carbonyl (C=O) groups is 2. The van der Waals surface area contributed by atoms with Gasteiger partial charge in [-0.05, 0) is 0 Å². The van der Waals surface area contributed by atoms with Crippen LogP contribution >= 0.6 is 22.7 Å². The van der Waals surface area contributed by atoms with Crippen molar-refractivity contribution in [2.24, 2.45) is 0 Å². The molecule has 2 aromatic rings. The molecular weight excluding hydrogens is 274 g/mol. The van der Waals surface area contributed by atoms with Gasteiger partial charge in [-0.1, -0.05) is 11.3 Å². The third-order valence-corrected chi connectivity index (χ3v) is 3.94. The second-order valence-corrected chi connectivity index (χ2v) is 5.35. The quantitative estimate of drug-likeness (QED) is 0.816. The van der Waals surface area contributed by atoms with Crippen LogP contribution < -0.4 is 5.32 Å². The first-order valence-corrected chi connectivity index (χ1v) is 6.64. The van der Waals surface area contributed by atoms with Gasteiger partial charge in [-0.2, -0.15) is 0 Å². The Morgan fingerprint density at radius 3 is 2.78 bits per heavy atom. The van der Waals surface area contributed by atoms with Crippen molar-refractivity contribution in [2.45, 2.75) is 13.5 Å². The highest BCUT2D eigenvalue weighted by Crippen LogP contribution is 2.24. The summed E-state index contributed by atoms with van der Waals surface area (Å²) in [7, 11) is 0. The van der Waals surface area contributed by atoms with Crippen molar-refractivity contribution in [2.75, 3.05) is 5.32 Å². The number of ketones is 1. The summed E-state index contributed by atoms with van der Waals surface area (Å²) in [6.45, 7) is 1.83. The largest absolute Gasteiger partial charge is 0.476 e. The second kappa shape index (κ2) is 5.23. The molecule has 6 nitrogen and oxygen atoms in total. The molecule has 8 heteroatoms. The number of anilines is 1. The highest BCUT2D eigenvalue weighted by atomic mass is 32.1. The third-order valence-electron chi connectivity index (χ3n) is 2.05. The number of aromatic nitrogens is 2. The summed E-state index contributed by atoms with van der Waals surface area (Å²) in [6.07, 6.45) is 1.72. The fourth-order valence-corrected chi connectivity index (χ4v) is 2.65. The van der Waals surface area contributed by atoms with E-state index in [9.17, 15) is 9.59 Å². The number of carbonyl (C=O) groups excluding carboxylic acids is 1. The normalized spacial score (nSPS) is 10.3. The maximum Gasteiger partial charge on any atom is 0.356 e. The van der Waals surface area contributed by atoms with E-state index in [1.165, 1.54) is 18.3 Å². The molecule has 0 fully saturated rings. The lowest BCUT2D eigenvalue weighted by molar-refractivity contribution is 0.0687. The van der Waals surface area contributed by atoms with Crippen LogP contribution in [0.15, 0.2) is 11.7 Å². The van der Waals surface area contributed by atoms with Gasteiger partial charge in [-0.3, -0.25) is 9.78 Å². The molecular formula is C10H9N3O3S2. The Kier molecular flexibility index (Phi) is 3.68. The van der Waals surface area contributed by atoms with Crippen LogP contribution in [0.3, 0.4) is 0 Å². The highest BCUT2D eigenvalue weighted by molar-refractivity contribution is 7.17. The molecule has 2 heterocycles. The van der Waals surface area contributed by atoms with Crippen molar-refractivity contribution in [1.29, 1.82) is 0 Å². The van der Waals surface area contributed by atoms with Crippen molar-refractivity contribution in [1.82, 2.24) is 9.97 Å².